The minimum Gasteiger partial charge on any atom is -0.356 e. The highest BCUT2D eigenvalue weighted by atomic mass is 19.1. The van der Waals surface area contributed by atoms with Crippen LogP contribution in [0.5, 0.6) is 0 Å². The number of halogens is 1. The van der Waals surface area contributed by atoms with Crippen molar-refractivity contribution in [1.82, 2.24) is 9.78 Å². The molecule has 1 aromatic carbocycles. The Kier molecular flexibility index (Phi) is 2.63. The van der Waals surface area contributed by atoms with Crippen LogP contribution in [0.3, 0.4) is 0 Å². The fraction of sp³-hybridized carbons (Fsp3) is 0.417. The Morgan fingerprint density at radius 2 is 2.29 bits per heavy atom. The van der Waals surface area contributed by atoms with Crippen molar-refractivity contribution in [2.45, 2.75) is 25.5 Å². The Balaban J connectivity index is 2.08. The molecule has 1 aliphatic heterocycles. The van der Waals surface area contributed by atoms with E-state index in [1.54, 1.807) is 16.8 Å². The van der Waals surface area contributed by atoms with Crippen LogP contribution in [0.4, 0.5) is 4.39 Å². The standard InChI is InChI=1S/C12H12BFN2O/c13-9-4-5-10-8(12(9)14)7-15-16(10)11-3-1-2-6-17-11/h4-5,7,11H,1-3,6H2. The van der Waals surface area contributed by atoms with E-state index in [1.807, 2.05) is 0 Å². The molecule has 0 aliphatic carbocycles. The highest BCUT2D eigenvalue weighted by molar-refractivity contribution is 6.33. The summed E-state index contributed by atoms with van der Waals surface area (Å²) in [5.41, 5.74) is 0.894. The molecule has 86 valence electrons. The summed E-state index contributed by atoms with van der Waals surface area (Å²) in [5, 5.41) is 4.67. The second-order valence-corrected chi connectivity index (χ2v) is 4.31. The first-order valence-electron chi connectivity index (χ1n) is 5.80. The summed E-state index contributed by atoms with van der Waals surface area (Å²) in [6.45, 7) is 0.740. The van der Waals surface area contributed by atoms with Crippen molar-refractivity contribution in [2.75, 3.05) is 6.61 Å². The summed E-state index contributed by atoms with van der Waals surface area (Å²) in [7, 11) is 5.53. The van der Waals surface area contributed by atoms with Crippen molar-refractivity contribution in [3.8, 4) is 0 Å². The van der Waals surface area contributed by atoms with Crippen molar-refractivity contribution in [2.24, 2.45) is 0 Å². The van der Waals surface area contributed by atoms with Gasteiger partial charge in [-0.15, -0.1) is 0 Å². The third-order valence-electron chi connectivity index (χ3n) is 3.17. The molecule has 2 radical (unpaired) electrons. The first kappa shape index (κ1) is 10.8. The minimum atomic E-state index is -0.399. The smallest absolute Gasteiger partial charge is 0.150 e. The van der Waals surface area contributed by atoms with E-state index in [9.17, 15) is 4.39 Å². The molecule has 1 fully saturated rings. The summed E-state index contributed by atoms with van der Waals surface area (Å²) in [6, 6.07) is 3.36. The van der Waals surface area contributed by atoms with Gasteiger partial charge in [0.05, 0.1) is 17.1 Å². The molecule has 0 spiro atoms. The van der Waals surface area contributed by atoms with Gasteiger partial charge in [-0.2, -0.15) is 5.10 Å². The molecule has 3 rings (SSSR count). The van der Waals surface area contributed by atoms with Crippen molar-refractivity contribution in [3.05, 3.63) is 24.1 Å². The average molecular weight is 230 g/mol. The summed E-state index contributed by atoms with van der Waals surface area (Å²) in [5.74, 6) is -0.399. The van der Waals surface area contributed by atoms with Crippen molar-refractivity contribution >= 4 is 24.2 Å². The van der Waals surface area contributed by atoms with Gasteiger partial charge in [-0.05, 0) is 25.3 Å². The van der Waals surface area contributed by atoms with E-state index in [4.69, 9.17) is 12.6 Å². The molecule has 0 bridgehead atoms. The Labute approximate surface area is 100.0 Å². The molecule has 5 heteroatoms. The van der Waals surface area contributed by atoms with Gasteiger partial charge in [-0.25, -0.2) is 9.07 Å². The molecule has 3 nitrogen and oxygen atoms in total. The summed E-state index contributed by atoms with van der Waals surface area (Å²) < 4.78 is 21.2. The zero-order valence-electron chi connectivity index (χ0n) is 9.40. The number of benzene rings is 1. The van der Waals surface area contributed by atoms with E-state index in [2.05, 4.69) is 5.10 Å². The van der Waals surface area contributed by atoms with Gasteiger partial charge in [0.2, 0.25) is 0 Å². The molecule has 1 saturated heterocycles. The van der Waals surface area contributed by atoms with Gasteiger partial charge in [-0.3, -0.25) is 0 Å². The molecule has 17 heavy (non-hydrogen) atoms. The molecule has 1 aliphatic rings. The summed E-state index contributed by atoms with van der Waals surface area (Å²) in [6.07, 6.45) is 4.55. The number of hydrogen-bond donors (Lipinski definition) is 0. The fourth-order valence-corrected chi connectivity index (χ4v) is 2.25. The number of ether oxygens (including phenoxy) is 1. The lowest BCUT2D eigenvalue weighted by Gasteiger charge is -2.23. The predicted molar refractivity (Wildman–Crippen MR) is 63.9 cm³/mol. The number of nitrogens with zero attached hydrogens (tertiary/aromatic N) is 2. The highest BCUT2D eigenvalue weighted by Crippen LogP contribution is 2.26. The lowest BCUT2D eigenvalue weighted by Crippen LogP contribution is -2.19. The number of rotatable bonds is 1. The molecule has 0 saturated carbocycles. The first-order chi connectivity index (χ1) is 8.27. The van der Waals surface area contributed by atoms with Crippen LogP contribution in [-0.2, 0) is 4.74 Å². The van der Waals surface area contributed by atoms with E-state index >= 15 is 0 Å². The van der Waals surface area contributed by atoms with Crippen LogP contribution in [0.1, 0.15) is 25.5 Å². The van der Waals surface area contributed by atoms with E-state index in [-0.39, 0.29) is 11.7 Å². The molecule has 2 heterocycles. The molecule has 0 amide bonds. The number of fused-ring (bicyclic) bond motifs is 1. The summed E-state index contributed by atoms with van der Waals surface area (Å²) >= 11 is 0. The SMILES string of the molecule is [B]c1ccc2c(cnn2C2CCCCO2)c1F. The van der Waals surface area contributed by atoms with Crippen LogP contribution in [-0.4, -0.2) is 24.2 Å². The van der Waals surface area contributed by atoms with Crippen LogP contribution in [0.15, 0.2) is 18.3 Å². The van der Waals surface area contributed by atoms with Crippen molar-refractivity contribution < 1.29 is 9.13 Å². The van der Waals surface area contributed by atoms with Gasteiger partial charge in [0.1, 0.15) is 13.7 Å². The van der Waals surface area contributed by atoms with Gasteiger partial charge < -0.3 is 4.74 Å². The molecular formula is C12H12BFN2O. The molecule has 2 aromatic rings. The van der Waals surface area contributed by atoms with Crippen LogP contribution < -0.4 is 5.46 Å². The molecule has 1 atom stereocenters. The average Bonchev–Trinajstić information content (AvgIpc) is 2.79. The minimum absolute atomic E-state index is 0.0794. The molecule has 1 aromatic heterocycles. The first-order valence-corrected chi connectivity index (χ1v) is 5.80. The Bertz CT molecular complexity index is 549. The monoisotopic (exact) mass is 230 g/mol. The maximum Gasteiger partial charge on any atom is 0.150 e. The highest BCUT2D eigenvalue weighted by Gasteiger charge is 2.19. The molecule has 1 unspecified atom stereocenters. The third-order valence-corrected chi connectivity index (χ3v) is 3.17. The van der Waals surface area contributed by atoms with Crippen LogP contribution in [0, 0.1) is 5.82 Å². The number of aromatic nitrogens is 2. The third kappa shape index (κ3) is 1.74. The van der Waals surface area contributed by atoms with Gasteiger partial charge in [0, 0.05) is 6.61 Å². The Morgan fingerprint density at radius 1 is 1.41 bits per heavy atom. The normalized spacial score (nSPS) is 20.9. The van der Waals surface area contributed by atoms with E-state index in [0.29, 0.717) is 5.39 Å². The largest absolute Gasteiger partial charge is 0.356 e. The van der Waals surface area contributed by atoms with Gasteiger partial charge >= 0.3 is 0 Å². The zero-order chi connectivity index (χ0) is 11.8. The molecule has 0 N–H and O–H groups in total. The van der Waals surface area contributed by atoms with Gasteiger partial charge in [-0.1, -0.05) is 11.5 Å². The lowest BCUT2D eigenvalue weighted by molar-refractivity contribution is -0.0366. The van der Waals surface area contributed by atoms with E-state index < -0.39 is 5.82 Å². The lowest BCUT2D eigenvalue weighted by atomic mass is 9.94. The van der Waals surface area contributed by atoms with Crippen LogP contribution in [0.2, 0.25) is 0 Å². The van der Waals surface area contributed by atoms with Gasteiger partial charge in [0.25, 0.3) is 0 Å². The van der Waals surface area contributed by atoms with Crippen LogP contribution >= 0.6 is 0 Å². The number of hydrogen-bond acceptors (Lipinski definition) is 2. The quantitative estimate of drug-likeness (QED) is 0.696. The summed E-state index contributed by atoms with van der Waals surface area (Å²) in [4.78, 5) is 0. The molecular weight excluding hydrogens is 218 g/mol. The second kappa shape index (κ2) is 4.15. The Hall–Kier alpha value is -1.36. The topological polar surface area (TPSA) is 27.1 Å². The van der Waals surface area contributed by atoms with E-state index in [1.165, 1.54) is 6.20 Å². The van der Waals surface area contributed by atoms with Crippen molar-refractivity contribution in [1.29, 1.82) is 0 Å². The van der Waals surface area contributed by atoms with Crippen molar-refractivity contribution in [3.63, 3.8) is 0 Å². The van der Waals surface area contributed by atoms with Crippen LogP contribution in [0.25, 0.3) is 10.9 Å². The maximum atomic E-state index is 13.8. The van der Waals surface area contributed by atoms with E-state index in [0.717, 1.165) is 31.4 Å². The predicted octanol–water partition coefficient (Wildman–Crippen LogP) is 1.67. The Morgan fingerprint density at radius 3 is 3.06 bits per heavy atom. The fourth-order valence-electron chi connectivity index (χ4n) is 2.25. The van der Waals surface area contributed by atoms with Gasteiger partial charge in [0.15, 0.2) is 6.23 Å². The zero-order valence-corrected chi connectivity index (χ0v) is 9.40. The maximum absolute atomic E-state index is 13.8. The second-order valence-electron chi connectivity index (χ2n) is 4.31.